The van der Waals surface area contributed by atoms with Crippen molar-refractivity contribution in [2.24, 2.45) is 0 Å². The largest absolute Gasteiger partial charge is 0.497 e. The monoisotopic (exact) mass is 466 g/mol. The number of carbonyl (C=O) groups is 1. The van der Waals surface area contributed by atoms with E-state index in [9.17, 15) is 4.79 Å². The number of hydrogen-bond acceptors (Lipinski definition) is 5. The number of rotatable bonds is 7. The molecular weight excluding hydrogens is 440 g/mol. The Bertz CT molecular complexity index is 1080. The zero-order valence-corrected chi connectivity index (χ0v) is 19.5. The lowest BCUT2D eigenvalue weighted by atomic mass is 10.1. The van der Waals surface area contributed by atoms with Crippen molar-refractivity contribution in [2.75, 3.05) is 45.3 Å². The van der Waals surface area contributed by atoms with Crippen LogP contribution in [0.15, 0.2) is 66.7 Å². The SMILES string of the molecule is COc1ccc(N2CCN(C(=O)c3ccc(OC)c(COc4ccc(Cl)cc4)c3)CC2)cc1. The summed E-state index contributed by atoms with van der Waals surface area (Å²) < 4.78 is 16.6. The van der Waals surface area contributed by atoms with Crippen LogP contribution in [0.1, 0.15) is 15.9 Å². The number of methoxy groups -OCH3 is 2. The van der Waals surface area contributed by atoms with E-state index in [-0.39, 0.29) is 12.5 Å². The standard InChI is InChI=1S/C26H27ClN2O4/c1-31-23-10-6-22(7-11-23)28-13-15-29(16-14-28)26(30)19-3-12-25(32-2)20(17-19)18-33-24-8-4-21(27)5-9-24/h3-12,17H,13-16,18H2,1-2H3. The van der Waals surface area contributed by atoms with Gasteiger partial charge in [-0.3, -0.25) is 4.79 Å². The Morgan fingerprint density at radius 1 is 0.848 bits per heavy atom. The first-order chi connectivity index (χ1) is 16.1. The fraction of sp³-hybridized carbons (Fsp3) is 0.269. The third kappa shape index (κ3) is 5.52. The Morgan fingerprint density at radius 2 is 1.52 bits per heavy atom. The molecule has 1 fully saturated rings. The maximum Gasteiger partial charge on any atom is 0.253 e. The van der Waals surface area contributed by atoms with Gasteiger partial charge >= 0.3 is 0 Å². The number of ether oxygens (including phenoxy) is 3. The molecule has 0 aromatic heterocycles. The van der Waals surface area contributed by atoms with Gasteiger partial charge in [-0.1, -0.05) is 11.6 Å². The average molecular weight is 467 g/mol. The van der Waals surface area contributed by atoms with Crippen LogP contribution in [0.2, 0.25) is 5.02 Å². The second-order valence-corrected chi connectivity index (χ2v) is 8.18. The van der Waals surface area contributed by atoms with E-state index in [1.807, 2.05) is 59.5 Å². The highest BCUT2D eigenvalue weighted by atomic mass is 35.5. The summed E-state index contributed by atoms with van der Waals surface area (Å²) in [4.78, 5) is 17.4. The van der Waals surface area contributed by atoms with Gasteiger partial charge in [0.1, 0.15) is 23.9 Å². The van der Waals surface area contributed by atoms with Gasteiger partial charge in [0.2, 0.25) is 0 Å². The zero-order valence-electron chi connectivity index (χ0n) is 18.8. The number of piperazine rings is 1. The molecule has 4 rings (SSSR count). The molecule has 3 aromatic rings. The lowest BCUT2D eigenvalue weighted by molar-refractivity contribution is 0.0746. The Balaban J connectivity index is 1.40. The summed E-state index contributed by atoms with van der Waals surface area (Å²) in [7, 11) is 3.27. The lowest BCUT2D eigenvalue weighted by Crippen LogP contribution is -2.48. The molecule has 172 valence electrons. The van der Waals surface area contributed by atoms with Gasteiger partial charge < -0.3 is 24.0 Å². The van der Waals surface area contributed by atoms with Crippen molar-refractivity contribution in [3.05, 3.63) is 82.9 Å². The molecule has 0 bridgehead atoms. The average Bonchev–Trinajstić information content (AvgIpc) is 2.88. The van der Waals surface area contributed by atoms with Crippen molar-refractivity contribution >= 4 is 23.2 Å². The fourth-order valence-corrected chi connectivity index (χ4v) is 3.99. The minimum atomic E-state index is 0.0137. The molecular formula is C26H27ClN2O4. The summed E-state index contributed by atoms with van der Waals surface area (Å²) in [5, 5.41) is 0.652. The quantitative estimate of drug-likeness (QED) is 0.495. The van der Waals surface area contributed by atoms with E-state index in [1.165, 1.54) is 0 Å². The molecule has 3 aromatic carbocycles. The molecule has 0 atom stereocenters. The second kappa shape index (κ2) is 10.5. The van der Waals surface area contributed by atoms with E-state index < -0.39 is 0 Å². The van der Waals surface area contributed by atoms with Crippen molar-refractivity contribution in [3.63, 3.8) is 0 Å². The molecule has 1 aliphatic heterocycles. The molecule has 6 nitrogen and oxygen atoms in total. The molecule has 0 saturated carbocycles. The van der Waals surface area contributed by atoms with Crippen molar-refractivity contribution < 1.29 is 19.0 Å². The number of carbonyl (C=O) groups excluding carboxylic acids is 1. The van der Waals surface area contributed by atoms with Gasteiger partial charge in [-0.15, -0.1) is 0 Å². The third-order valence-corrected chi connectivity index (χ3v) is 5.99. The minimum absolute atomic E-state index is 0.0137. The highest BCUT2D eigenvalue weighted by molar-refractivity contribution is 6.30. The van der Waals surface area contributed by atoms with Gasteiger partial charge in [0.05, 0.1) is 14.2 Å². The number of nitrogens with zero attached hydrogens (tertiary/aromatic N) is 2. The fourth-order valence-electron chi connectivity index (χ4n) is 3.86. The van der Waals surface area contributed by atoms with E-state index >= 15 is 0 Å². The first kappa shape index (κ1) is 22.8. The van der Waals surface area contributed by atoms with Gasteiger partial charge in [-0.25, -0.2) is 0 Å². The maximum absolute atomic E-state index is 13.2. The molecule has 1 aliphatic rings. The van der Waals surface area contributed by atoms with Crippen LogP contribution in [0.4, 0.5) is 5.69 Å². The molecule has 0 N–H and O–H groups in total. The van der Waals surface area contributed by atoms with E-state index in [4.69, 9.17) is 25.8 Å². The van der Waals surface area contributed by atoms with Crippen molar-refractivity contribution in [1.29, 1.82) is 0 Å². The van der Waals surface area contributed by atoms with Gasteiger partial charge in [-0.2, -0.15) is 0 Å². The Morgan fingerprint density at radius 3 is 2.15 bits per heavy atom. The van der Waals surface area contributed by atoms with E-state index in [0.29, 0.717) is 35.2 Å². The molecule has 0 unspecified atom stereocenters. The second-order valence-electron chi connectivity index (χ2n) is 7.75. The summed E-state index contributed by atoms with van der Waals surface area (Å²) in [6, 6.07) is 20.7. The summed E-state index contributed by atoms with van der Waals surface area (Å²) in [6.07, 6.45) is 0. The molecule has 1 saturated heterocycles. The van der Waals surface area contributed by atoms with E-state index in [2.05, 4.69) is 4.90 Å². The van der Waals surface area contributed by atoms with Crippen LogP contribution >= 0.6 is 11.6 Å². The highest BCUT2D eigenvalue weighted by Gasteiger charge is 2.23. The predicted octanol–water partition coefficient (Wildman–Crippen LogP) is 4.90. The maximum atomic E-state index is 13.2. The molecule has 7 heteroatoms. The summed E-state index contributed by atoms with van der Waals surface area (Å²) in [5.41, 5.74) is 2.58. The van der Waals surface area contributed by atoms with E-state index in [0.717, 1.165) is 30.1 Å². The number of halogens is 1. The summed E-state index contributed by atoms with van der Waals surface area (Å²) >= 11 is 5.94. The summed E-state index contributed by atoms with van der Waals surface area (Å²) in [6.45, 7) is 3.17. The molecule has 0 spiro atoms. The Kier molecular flexibility index (Phi) is 7.25. The minimum Gasteiger partial charge on any atom is -0.497 e. The highest BCUT2D eigenvalue weighted by Crippen LogP contribution is 2.25. The smallest absolute Gasteiger partial charge is 0.253 e. The van der Waals surface area contributed by atoms with Crippen LogP contribution in [0.5, 0.6) is 17.2 Å². The molecule has 1 heterocycles. The normalized spacial score (nSPS) is 13.5. The molecule has 1 amide bonds. The molecule has 0 radical (unpaired) electrons. The number of amides is 1. The first-order valence-corrected chi connectivity index (χ1v) is 11.2. The van der Waals surface area contributed by atoms with Crippen molar-refractivity contribution in [3.8, 4) is 17.2 Å². The van der Waals surface area contributed by atoms with Crippen LogP contribution in [0.25, 0.3) is 0 Å². The third-order valence-electron chi connectivity index (χ3n) is 5.74. The zero-order chi connectivity index (χ0) is 23.2. The van der Waals surface area contributed by atoms with Crippen LogP contribution in [-0.4, -0.2) is 51.2 Å². The lowest BCUT2D eigenvalue weighted by Gasteiger charge is -2.36. The number of anilines is 1. The van der Waals surface area contributed by atoms with Gasteiger partial charge in [0.15, 0.2) is 0 Å². The van der Waals surface area contributed by atoms with Gasteiger partial charge in [0, 0.05) is 48.0 Å². The van der Waals surface area contributed by atoms with Crippen molar-refractivity contribution in [1.82, 2.24) is 4.90 Å². The van der Waals surface area contributed by atoms with Gasteiger partial charge in [0.25, 0.3) is 5.91 Å². The molecule has 33 heavy (non-hydrogen) atoms. The predicted molar refractivity (Wildman–Crippen MR) is 130 cm³/mol. The topological polar surface area (TPSA) is 51.2 Å². The van der Waals surface area contributed by atoms with Gasteiger partial charge in [-0.05, 0) is 66.7 Å². The van der Waals surface area contributed by atoms with E-state index in [1.54, 1.807) is 26.4 Å². The van der Waals surface area contributed by atoms with Crippen LogP contribution in [-0.2, 0) is 6.61 Å². The summed E-state index contributed by atoms with van der Waals surface area (Å²) in [5.74, 6) is 2.24. The Labute approximate surface area is 199 Å². The first-order valence-electron chi connectivity index (χ1n) is 10.8. The number of hydrogen-bond donors (Lipinski definition) is 0. The van der Waals surface area contributed by atoms with Crippen molar-refractivity contribution in [2.45, 2.75) is 6.61 Å². The number of benzene rings is 3. The Hall–Kier alpha value is -3.38. The molecule has 0 aliphatic carbocycles. The van der Waals surface area contributed by atoms with Crippen LogP contribution in [0, 0.1) is 0 Å². The van der Waals surface area contributed by atoms with Crippen LogP contribution < -0.4 is 19.1 Å². The van der Waals surface area contributed by atoms with Crippen LogP contribution in [0.3, 0.4) is 0 Å².